The zero-order valence-corrected chi connectivity index (χ0v) is 14.1. The second-order valence-electron chi connectivity index (χ2n) is 5.07. The van der Waals surface area contributed by atoms with Crippen LogP contribution in [0.5, 0.6) is 0 Å². The van der Waals surface area contributed by atoms with E-state index in [1.165, 1.54) is 10.4 Å². The summed E-state index contributed by atoms with van der Waals surface area (Å²) in [5, 5.41) is 17.4. The molecule has 1 N–H and O–H groups in total. The van der Waals surface area contributed by atoms with Gasteiger partial charge in [-0.2, -0.15) is 4.68 Å². The molecule has 0 radical (unpaired) electrons. The molecule has 1 aromatic carbocycles. The van der Waals surface area contributed by atoms with E-state index in [1.807, 2.05) is 16.8 Å². The largest absolute Gasteiger partial charge is 0.323 e. The summed E-state index contributed by atoms with van der Waals surface area (Å²) in [6.07, 6.45) is 2.17. The number of fused-ring (bicyclic) bond motifs is 1. The highest BCUT2D eigenvalue weighted by Crippen LogP contribution is 2.35. The molecule has 0 amide bonds. The summed E-state index contributed by atoms with van der Waals surface area (Å²) in [5.41, 5.74) is 3.38. The van der Waals surface area contributed by atoms with E-state index in [2.05, 4.69) is 73.4 Å². The van der Waals surface area contributed by atoms with Crippen molar-refractivity contribution in [1.29, 1.82) is 0 Å². The molecule has 3 heterocycles. The Morgan fingerprint density at radius 1 is 1.23 bits per heavy atom. The van der Waals surface area contributed by atoms with Crippen LogP contribution in [-0.2, 0) is 0 Å². The number of nitrogens with one attached hydrogen (secondary N) is 1. The van der Waals surface area contributed by atoms with E-state index < -0.39 is 0 Å². The summed E-state index contributed by atoms with van der Waals surface area (Å²) in [7, 11) is 0. The number of aromatic nitrogens is 4. The van der Waals surface area contributed by atoms with Gasteiger partial charge in [0.05, 0.1) is 0 Å². The van der Waals surface area contributed by atoms with Gasteiger partial charge in [-0.25, -0.2) is 0 Å². The fourth-order valence-corrected chi connectivity index (χ4v) is 3.77. The predicted octanol–water partition coefficient (Wildman–Crippen LogP) is 3.86. The molecule has 0 fully saturated rings. The lowest BCUT2D eigenvalue weighted by Crippen LogP contribution is -2.20. The summed E-state index contributed by atoms with van der Waals surface area (Å²) in [5.74, 6) is 0.665. The van der Waals surface area contributed by atoms with Crippen LogP contribution in [0, 0.1) is 6.92 Å². The molecule has 110 valence electrons. The van der Waals surface area contributed by atoms with Crippen molar-refractivity contribution in [3.8, 4) is 0 Å². The highest BCUT2D eigenvalue weighted by molar-refractivity contribution is 9.10. The van der Waals surface area contributed by atoms with E-state index in [0.717, 1.165) is 15.7 Å². The van der Waals surface area contributed by atoms with E-state index in [4.69, 9.17) is 0 Å². The highest BCUT2D eigenvalue weighted by Gasteiger charge is 2.26. The Balaban J connectivity index is 1.82. The number of hydrogen-bond acceptors (Lipinski definition) is 5. The van der Waals surface area contributed by atoms with Crippen molar-refractivity contribution in [1.82, 2.24) is 20.2 Å². The summed E-state index contributed by atoms with van der Waals surface area (Å²) < 4.78 is 2.88. The third kappa shape index (κ3) is 2.26. The van der Waals surface area contributed by atoms with Crippen molar-refractivity contribution >= 4 is 38.9 Å². The Labute approximate surface area is 139 Å². The topological polar surface area (TPSA) is 55.6 Å². The summed E-state index contributed by atoms with van der Waals surface area (Å²) in [6.45, 7) is 2.12. The first-order valence-electron chi connectivity index (χ1n) is 6.79. The summed E-state index contributed by atoms with van der Waals surface area (Å²) in [4.78, 5) is 1.25. The highest BCUT2D eigenvalue weighted by atomic mass is 79.9. The fourth-order valence-electron chi connectivity index (χ4n) is 2.53. The van der Waals surface area contributed by atoms with Crippen LogP contribution in [0.25, 0.3) is 5.70 Å². The smallest absolute Gasteiger partial charge is 0.248 e. The van der Waals surface area contributed by atoms with Crippen molar-refractivity contribution in [2.75, 3.05) is 5.32 Å². The fraction of sp³-hybridized carbons (Fsp3) is 0.133. The maximum atomic E-state index is 4.13. The molecule has 4 rings (SSSR count). The molecule has 5 nitrogen and oxygen atoms in total. The van der Waals surface area contributed by atoms with Crippen LogP contribution in [0.15, 0.2) is 46.3 Å². The van der Waals surface area contributed by atoms with Crippen LogP contribution in [0.3, 0.4) is 0 Å². The Morgan fingerprint density at radius 3 is 2.77 bits per heavy atom. The number of nitrogens with zero attached hydrogens (tertiary/aromatic N) is 4. The molecule has 0 aliphatic carbocycles. The van der Waals surface area contributed by atoms with Crippen molar-refractivity contribution in [2.45, 2.75) is 13.0 Å². The molecular weight excluding hydrogens is 362 g/mol. The minimum atomic E-state index is 0.0184. The number of halogens is 1. The first-order valence-corrected chi connectivity index (χ1v) is 8.46. The number of allylic oxidation sites excluding steroid dienone is 1. The van der Waals surface area contributed by atoms with Gasteiger partial charge < -0.3 is 5.32 Å². The quantitative estimate of drug-likeness (QED) is 0.740. The second kappa shape index (κ2) is 5.33. The van der Waals surface area contributed by atoms with Gasteiger partial charge in [-0.3, -0.25) is 0 Å². The lowest BCUT2D eigenvalue weighted by molar-refractivity contribution is 0.591. The maximum Gasteiger partial charge on any atom is 0.248 e. The molecule has 7 heteroatoms. The van der Waals surface area contributed by atoms with Crippen LogP contribution in [0.4, 0.5) is 5.95 Å². The van der Waals surface area contributed by atoms with Gasteiger partial charge in [0.25, 0.3) is 0 Å². The standard InChI is InChI=1S/C15H12BrN5S/c1-9-6-7-22-14(9)13-8-12(10-2-4-11(16)5-3-10)17-15-18-19-20-21(13)15/h2-8,13H,1H3,(H,17,18,20)/t13-/m0/s1. The number of hydrogen-bond donors (Lipinski definition) is 1. The number of rotatable bonds is 2. The van der Waals surface area contributed by atoms with Gasteiger partial charge in [-0.1, -0.05) is 33.2 Å². The van der Waals surface area contributed by atoms with Crippen LogP contribution >= 0.6 is 27.3 Å². The lowest BCUT2D eigenvalue weighted by Gasteiger charge is -2.23. The monoisotopic (exact) mass is 373 g/mol. The van der Waals surface area contributed by atoms with Gasteiger partial charge in [-0.15, -0.1) is 11.3 Å². The van der Waals surface area contributed by atoms with Gasteiger partial charge in [0.15, 0.2) is 0 Å². The average Bonchev–Trinajstić information content (AvgIpc) is 3.15. The van der Waals surface area contributed by atoms with Crippen molar-refractivity contribution in [3.63, 3.8) is 0 Å². The molecule has 0 bridgehead atoms. The zero-order chi connectivity index (χ0) is 15.1. The normalized spacial score (nSPS) is 16.8. The molecule has 0 saturated heterocycles. The van der Waals surface area contributed by atoms with Gasteiger partial charge in [0.2, 0.25) is 5.95 Å². The van der Waals surface area contributed by atoms with E-state index in [-0.39, 0.29) is 6.04 Å². The Hall–Kier alpha value is -1.99. The Bertz CT molecular complexity index is 849. The van der Waals surface area contributed by atoms with Crippen LogP contribution in [-0.4, -0.2) is 20.2 Å². The molecule has 1 atom stereocenters. The first-order chi connectivity index (χ1) is 10.7. The third-order valence-corrected chi connectivity index (χ3v) is 5.27. The van der Waals surface area contributed by atoms with Crippen molar-refractivity contribution in [2.24, 2.45) is 0 Å². The SMILES string of the molecule is Cc1ccsc1[C@@H]1C=C(c2ccc(Br)cc2)Nc2nnnn21. The summed E-state index contributed by atoms with van der Waals surface area (Å²) in [6, 6.07) is 10.3. The van der Waals surface area contributed by atoms with E-state index in [1.54, 1.807) is 11.3 Å². The number of anilines is 1. The molecule has 0 saturated carbocycles. The number of benzene rings is 1. The van der Waals surface area contributed by atoms with Gasteiger partial charge in [-0.05, 0) is 58.1 Å². The van der Waals surface area contributed by atoms with Crippen LogP contribution < -0.4 is 5.32 Å². The minimum absolute atomic E-state index is 0.0184. The second-order valence-corrected chi connectivity index (χ2v) is 6.94. The lowest BCUT2D eigenvalue weighted by atomic mass is 10.1. The van der Waals surface area contributed by atoms with Crippen LogP contribution in [0.1, 0.15) is 22.0 Å². The molecule has 1 aliphatic rings. The van der Waals surface area contributed by atoms with Crippen molar-refractivity contribution in [3.05, 3.63) is 62.3 Å². The van der Waals surface area contributed by atoms with Gasteiger partial charge in [0, 0.05) is 15.0 Å². The number of tetrazole rings is 1. The van der Waals surface area contributed by atoms with Crippen molar-refractivity contribution < 1.29 is 0 Å². The maximum absolute atomic E-state index is 4.13. The molecule has 2 aromatic heterocycles. The molecular formula is C15H12BrN5S. The zero-order valence-electron chi connectivity index (χ0n) is 11.7. The van der Waals surface area contributed by atoms with E-state index in [9.17, 15) is 0 Å². The number of aryl methyl sites for hydroxylation is 1. The van der Waals surface area contributed by atoms with E-state index >= 15 is 0 Å². The Morgan fingerprint density at radius 2 is 2.05 bits per heavy atom. The minimum Gasteiger partial charge on any atom is -0.323 e. The van der Waals surface area contributed by atoms with E-state index in [0.29, 0.717) is 5.95 Å². The summed E-state index contributed by atoms with van der Waals surface area (Å²) >= 11 is 5.19. The predicted molar refractivity (Wildman–Crippen MR) is 90.8 cm³/mol. The average molecular weight is 374 g/mol. The molecule has 1 aliphatic heterocycles. The first kappa shape index (κ1) is 13.7. The van der Waals surface area contributed by atoms with Crippen LogP contribution in [0.2, 0.25) is 0 Å². The molecule has 3 aromatic rings. The van der Waals surface area contributed by atoms with Gasteiger partial charge >= 0.3 is 0 Å². The van der Waals surface area contributed by atoms with Gasteiger partial charge in [0.1, 0.15) is 6.04 Å². The molecule has 0 spiro atoms. The number of thiophene rings is 1. The third-order valence-electron chi connectivity index (χ3n) is 3.65. The molecule has 0 unspecified atom stereocenters. The molecule has 22 heavy (non-hydrogen) atoms. The Kier molecular flexibility index (Phi) is 3.31.